The maximum atomic E-state index is 12.6. The molecule has 22 heavy (non-hydrogen) atoms. The molecule has 0 aliphatic heterocycles. The van der Waals surface area contributed by atoms with E-state index in [-0.39, 0.29) is 11.2 Å². The zero-order valence-electron chi connectivity index (χ0n) is 12.3. The van der Waals surface area contributed by atoms with E-state index >= 15 is 0 Å². The van der Waals surface area contributed by atoms with Gasteiger partial charge in [0.25, 0.3) is 5.56 Å². The van der Waals surface area contributed by atoms with Crippen molar-refractivity contribution in [2.75, 3.05) is 0 Å². The highest BCUT2D eigenvalue weighted by Crippen LogP contribution is 2.05. The van der Waals surface area contributed by atoms with E-state index in [9.17, 15) is 9.59 Å². The summed E-state index contributed by atoms with van der Waals surface area (Å²) in [5.41, 5.74) is 2.03. The molecule has 0 saturated heterocycles. The minimum atomic E-state index is -0.333. The average molecular weight is 292 g/mol. The van der Waals surface area contributed by atoms with Gasteiger partial charge in [0.1, 0.15) is 0 Å². The summed E-state index contributed by atoms with van der Waals surface area (Å²) in [7, 11) is 0. The smallest absolute Gasteiger partial charge is 0.296 e. The Balaban J connectivity index is 2.08. The summed E-state index contributed by atoms with van der Waals surface area (Å²) in [5, 5.41) is 0. The monoisotopic (exact) mass is 292 g/mol. The highest BCUT2D eigenvalue weighted by molar-refractivity contribution is 5.34. The summed E-state index contributed by atoms with van der Waals surface area (Å²) in [6, 6.07) is 18.4. The molecule has 0 atom stereocenters. The van der Waals surface area contributed by atoms with Gasteiger partial charge in [-0.25, -0.2) is 9.36 Å². The predicted octanol–water partition coefficient (Wildman–Crippen LogP) is 2.36. The fraction of sp³-hybridized carbons (Fsp3) is 0.111. The summed E-state index contributed by atoms with van der Waals surface area (Å²) in [6.07, 6.45) is 1.54. The van der Waals surface area contributed by atoms with Crippen LogP contribution < -0.4 is 11.2 Å². The Kier molecular flexibility index (Phi) is 3.74. The van der Waals surface area contributed by atoms with Gasteiger partial charge in [-0.15, -0.1) is 0 Å². The first kappa shape index (κ1) is 14.1. The van der Waals surface area contributed by atoms with Gasteiger partial charge in [-0.1, -0.05) is 48.0 Å². The Labute approximate surface area is 127 Å². The summed E-state index contributed by atoms with van der Waals surface area (Å²) < 4.78 is 2.74. The van der Waals surface area contributed by atoms with Crippen LogP contribution in [-0.4, -0.2) is 9.13 Å². The van der Waals surface area contributed by atoms with Crippen LogP contribution >= 0.6 is 0 Å². The predicted molar refractivity (Wildman–Crippen MR) is 86.6 cm³/mol. The molecular weight excluding hydrogens is 276 g/mol. The Morgan fingerprint density at radius 3 is 2.23 bits per heavy atom. The third-order valence-corrected chi connectivity index (χ3v) is 3.54. The second kappa shape index (κ2) is 5.85. The van der Waals surface area contributed by atoms with Crippen molar-refractivity contribution in [1.29, 1.82) is 0 Å². The molecule has 1 heterocycles. The number of benzene rings is 2. The molecule has 1 aromatic heterocycles. The maximum absolute atomic E-state index is 12.6. The summed E-state index contributed by atoms with van der Waals surface area (Å²) in [6.45, 7) is 2.40. The van der Waals surface area contributed by atoms with Gasteiger partial charge in [0, 0.05) is 12.3 Å². The molecule has 0 unspecified atom stereocenters. The third kappa shape index (κ3) is 2.76. The van der Waals surface area contributed by atoms with Gasteiger partial charge in [-0.2, -0.15) is 0 Å². The summed E-state index contributed by atoms with van der Waals surface area (Å²) in [5.74, 6) is 0. The van der Waals surface area contributed by atoms with Crippen molar-refractivity contribution >= 4 is 0 Å². The molecule has 0 bridgehead atoms. The standard InChI is InChI=1S/C18H16N2O2/c1-14-7-9-16(10-8-14)20-17(21)11-12-19(18(20)22)13-15-5-3-2-4-6-15/h2-12H,13H2,1H3. The molecular formula is C18H16N2O2. The lowest BCUT2D eigenvalue weighted by Gasteiger charge is -2.10. The molecule has 2 aromatic carbocycles. The first-order valence-electron chi connectivity index (χ1n) is 7.08. The highest BCUT2D eigenvalue weighted by Gasteiger charge is 2.07. The van der Waals surface area contributed by atoms with E-state index in [1.165, 1.54) is 15.2 Å². The van der Waals surface area contributed by atoms with Crippen molar-refractivity contribution in [2.24, 2.45) is 0 Å². The normalized spacial score (nSPS) is 10.6. The van der Waals surface area contributed by atoms with Gasteiger partial charge >= 0.3 is 5.69 Å². The van der Waals surface area contributed by atoms with Gasteiger partial charge in [-0.05, 0) is 24.6 Å². The van der Waals surface area contributed by atoms with Crippen molar-refractivity contribution in [3.63, 3.8) is 0 Å². The van der Waals surface area contributed by atoms with Crippen LogP contribution in [0, 0.1) is 6.92 Å². The second-order valence-electron chi connectivity index (χ2n) is 5.22. The van der Waals surface area contributed by atoms with E-state index in [2.05, 4.69) is 0 Å². The van der Waals surface area contributed by atoms with Crippen LogP contribution in [0.2, 0.25) is 0 Å². The lowest BCUT2D eigenvalue weighted by molar-refractivity contribution is 0.682. The number of aromatic nitrogens is 2. The molecule has 0 radical (unpaired) electrons. The molecule has 3 aromatic rings. The van der Waals surface area contributed by atoms with Crippen molar-refractivity contribution in [3.8, 4) is 5.69 Å². The van der Waals surface area contributed by atoms with Gasteiger partial charge in [0.15, 0.2) is 0 Å². The number of hydrogen-bond donors (Lipinski definition) is 0. The van der Waals surface area contributed by atoms with Crippen LogP contribution in [0.1, 0.15) is 11.1 Å². The minimum absolute atomic E-state index is 0.321. The zero-order valence-corrected chi connectivity index (χ0v) is 12.3. The van der Waals surface area contributed by atoms with E-state index in [0.717, 1.165) is 11.1 Å². The molecule has 0 aliphatic rings. The topological polar surface area (TPSA) is 44.0 Å². The van der Waals surface area contributed by atoms with Crippen LogP contribution in [0.3, 0.4) is 0 Å². The van der Waals surface area contributed by atoms with E-state index in [1.807, 2.05) is 49.4 Å². The van der Waals surface area contributed by atoms with Crippen molar-refractivity contribution in [1.82, 2.24) is 9.13 Å². The fourth-order valence-corrected chi connectivity index (χ4v) is 2.35. The molecule has 110 valence electrons. The first-order valence-corrected chi connectivity index (χ1v) is 7.08. The number of aryl methyl sites for hydroxylation is 1. The Morgan fingerprint density at radius 1 is 0.864 bits per heavy atom. The quantitative estimate of drug-likeness (QED) is 0.744. The molecule has 0 N–H and O–H groups in total. The minimum Gasteiger partial charge on any atom is -0.296 e. The van der Waals surface area contributed by atoms with Gasteiger partial charge in [-0.3, -0.25) is 9.36 Å². The van der Waals surface area contributed by atoms with Gasteiger partial charge in [0.05, 0.1) is 12.2 Å². The largest absolute Gasteiger partial charge is 0.335 e. The maximum Gasteiger partial charge on any atom is 0.335 e. The lowest BCUT2D eigenvalue weighted by atomic mass is 10.2. The number of rotatable bonds is 3. The van der Waals surface area contributed by atoms with Crippen LogP contribution in [0.5, 0.6) is 0 Å². The van der Waals surface area contributed by atoms with Gasteiger partial charge in [0.2, 0.25) is 0 Å². The van der Waals surface area contributed by atoms with Crippen LogP contribution in [0.4, 0.5) is 0 Å². The first-order chi connectivity index (χ1) is 10.6. The Morgan fingerprint density at radius 2 is 1.55 bits per heavy atom. The second-order valence-corrected chi connectivity index (χ2v) is 5.22. The lowest BCUT2D eigenvalue weighted by Crippen LogP contribution is -2.37. The zero-order chi connectivity index (χ0) is 15.5. The number of hydrogen-bond acceptors (Lipinski definition) is 2. The van der Waals surface area contributed by atoms with Crippen molar-refractivity contribution in [2.45, 2.75) is 13.5 Å². The molecule has 0 amide bonds. The van der Waals surface area contributed by atoms with Crippen LogP contribution in [-0.2, 0) is 6.54 Å². The number of nitrogens with zero attached hydrogens (tertiary/aromatic N) is 2. The molecule has 0 spiro atoms. The average Bonchev–Trinajstić information content (AvgIpc) is 2.53. The SMILES string of the molecule is Cc1ccc(-n2c(=O)ccn(Cc3ccccc3)c2=O)cc1. The molecule has 0 fully saturated rings. The van der Waals surface area contributed by atoms with E-state index in [0.29, 0.717) is 12.2 Å². The van der Waals surface area contributed by atoms with Crippen molar-refractivity contribution in [3.05, 3.63) is 98.8 Å². The van der Waals surface area contributed by atoms with Gasteiger partial charge < -0.3 is 0 Å². The highest BCUT2D eigenvalue weighted by atomic mass is 16.2. The Hall–Kier alpha value is -2.88. The molecule has 4 heteroatoms. The van der Waals surface area contributed by atoms with E-state index in [4.69, 9.17) is 0 Å². The van der Waals surface area contributed by atoms with Crippen molar-refractivity contribution < 1.29 is 0 Å². The molecule has 3 rings (SSSR count). The van der Waals surface area contributed by atoms with Crippen LogP contribution in [0.25, 0.3) is 5.69 Å². The summed E-state index contributed by atoms with van der Waals surface area (Å²) >= 11 is 0. The fourth-order valence-electron chi connectivity index (χ4n) is 2.35. The molecule has 0 saturated carbocycles. The molecule has 4 nitrogen and oxygen atoms in total. The Bertz CT molecular complexity index is 891. The molecule has 0 aliphatic carbocycles. The van der Waals surface area contributed by atoms with E-state index < -0.39 is 0 Å². The summed E-state index contributed by atoms with van der Waals surface area (Å²) in [4.78, 5) is 24.7. The van der Waals surface area contributed by atoms with E-state index in [1.54, 1.807) is 18.3 Å². The third-order valence-electron chi connectivity index (χ3n) is 3.54. The van der Waals surface area contributed by atoms with Crippen LogP contribution in [0.15, 0.2) is 76.4 Å².